The number of nitrogens with one attached hydrogen (secondary N) is 2. The van der Waals surface area contributed by atoms with Crippen molar-refractivity contribution >= 4 is 11.6 Å². The van der Waals surface area contributed by atoms with E-state index in [1.807, 2.05) is 43.7 Å². The molecule has 210 valence electrons. The molecule has 1 aromatic carbocycles. The van der Waals surface area contributed by atoms with Crippen LogP contribution in [-0.4, -0.2) is 38.0 Å². The number of nitrogens with zero attached hydrogens (tertiary/aromatic N) is 4. The summed E-state index contributed by atoms with van der Waals surface area (Å²) in [6.07, 6.45) is -0.0622. The molecule has 3 aromatic rings. The number of rotatable bonds is 9. The Hall–Kier alpha value is -3.47. The van der Waals surface area contributed by atoms with Gasteiger partial charge in [0.25, 0.3) is 11.5 Å². The fraction of sp³-hybridized carbons (Fsp3) is 0.500. The largest absolute Gasteiger partial charge is 0.406 e. The zero-order valence-electron chi connectivity index (χ0n) is 22.8. The minimum atomic E-state index is -4.62. The molecule has 2 N–H and O–H groups in total. The highest BCUT2D eigenvalue weighted by molar-refractivity contribution is 6.04. The Labute approximate surface area is 225 Å². The normalized spacial score (nSPS) is 20.1. The molecular formula is C28H35F3N6O2. The first-order chi connectivity index (χ1) is 18.3. The molecular weight excluding hydrogens is 509 g/mol. The van der Waals surface area contributed by atoms with Crippen molar-refractivity contribution in [2.75, 3.05) is 11.9 Å². The van der Waals surface area contributed by atoms with Crippen LogP contribution in [0.3, 0.4) is 0 Å². The highest BCUT2D eigenvalue weighted by Gasteiger charge is 2.48. The van der Waals surface area contributed by atoms with Gasteiger partial charge in [0.05, 0.1) is 5.41 Å². The SMILES string of the molecule is CC(C)CNC(C)c1cc(C(=O)Nc2cccc(C3(c4nncn4C)CC(C)C3)c2)c(=O)n(CC(F)(F)F)c1. The lowest BCUT2D eigenvalue weighted by Gasteiger charge is -2.46. The molecule has 0 radical (unpaired) electrons. The molecule has 1 amide bonds. The van der Waals surface area contributed by atoms with Gasteiger partial charge in [-0.15, -0.1) is 10.2 Å². The van der Waals surface area contributed by atoms with Crippen LogP contribution in [0.5, 0.6) is 0 Å². The van der Waals surface area contributed by atoms with Gasteiger partial charge in [-0.1, -0.05) is 32.9 Å². The average Bonchev–Trinajstić information content (AvgIpc) is 3.26. The van der Waals surface area contributed by atoms with Crippen molar-refractivity contribution in [1.29, 1.82) is 0 Å². The van der Waals surface area contributed by atoms with Gasteiger partial charge in [0.2, 0.25) is 0 Å². The minimum absolute atomic E-state index is 0.312. The van der Waals surface area contributed by atoms with Crippen molar-refractivity contribution in [3.05, 3.63) is 75.7 Å². The summed E-state index contributed by atoms with van der Waals surface area (Å²) in [7, 11) is 1.89. The molecule has 0 saturated heterocycles. The summed E-state index contributed by atoms with van der Waals surface area (Å²) in [4.78, 5) is 26.3. The maximum absolute atomic E-state index is 13.3. The molecule has 1 unspecified atom stereocenters. The number of amides is 1. The van der Waals surface area contributed by atoms with Crippen LogP contribution in [0.2, 0.25) is 0 Å². The van der Waals surface area contributed by atoms with Crippen molar-refractivity contribution in [2.24, 2.45) is 18.9 Å². The number of pyridine rings is 1. The molecule has 1 atom stereocenters. The number of anilines is 1. The van der Waals surface area contributed by atoms with E-state index in [1.54, 1.807) is 19.3 Å². The Morgan fingerprint density at radius 1 is 1.21 bits per heavy atom. The highest BCUT2D eigenvalue weighted by atomic mass is 19.4. The number of alkyl halides is 3. The van der Waals surface area contributed by atoms with E-state index in [2.05, 4.69) is 27.8 Å². The Kier molecular flexibility index (Phi) is 8.02. The summed E-state index contributed by atoms with van der Waals surface area (Å²) in [5.74, 6) is 0.864. The predicted octanol–water partition coefficient (Wildman–Crippen LogP) is 4.81. The highest BCUT2D eigenvalue weighted by Crippen LogP contribution is 2.51. The maximum Gasteiger partial charge on any atom is 0.406 e. The van der Waals surface area contributed by atoms with Gasteiger partial charge in [-0.3, -0.25) is 9.59 Å². The molecule has 2 aromatic heterocycles. The fourth-order valence-electron chi connectivity index (χ4n) is 5.39. The molecule has 11 heteroatoms. The third-order valence-corrected chi connectivity index (χ3v) is 7.24. The van der Waals surface area contributed by atoms with Gasteiger partial charge >= 0.3 is 6.18 Å². The first kappa shape index (κ1) is 28.5. The van der Waals surface area contributed by atoms with E-state index < -0.39 is 24.2 Å². The summed E-state index contributed by atoms with van der Waals surface area (Å²) in [5.41, 5.74) is 0.108. The topological polar surface area (TPSA) is 93.8 Å². The van der Waals surface area contributed by atoms with Crippen LogP contribution in [-0.2, 0) is 19.0 Å². The summed E-state index contributed by atoms with van der Waals surface area (Å²) in [6, 6.07) is 8.31. The van der Waals surface area contributed by atoms with Crippen molar-refractivity contribution in [1.82, 2.24) is 24.6 Å². The lowest BCUT2D eigenvalue weighted by Crippen LogP contribution is -2.43. The molecule has 2 heterocycles. The Bertz CT molecular complexity index is 1390. The van der Waals surface area contributed by atoms with Gasteiger partial charge in [-0.25, -0.2) is 0 Å². The molecule has 1 aliphatic rings. The van der Waals surface area contributed by atoms with E-state index >= 15 is 0 Å². The number of carbonyl (C=O) groups excluding carboxylic acids is 1. The van der Waals surface area contributed by atoms with E-state index in [0.29, 0.717) is 34.2 Å². The standard InChI is InChI=1S/C28H35F3N6O2/c1-17(2)13-32-19(4)20-9-23(25(39)37(14-20)15-28(29,30)31)24(38)34-22-8-6-7-21(10-22)27(11-18(3)12-27)26-35-33-16-36(26)5/h6-10,14,16-19,32H,11-13,15H2,1-5H3,(H,34,38). The van der Waals surface area contributed by atoms with Crippen LogP contribution in [0.4, 0.5) is 18.9 Å². The number of hydrogen-bond donors (Lipinski definition) is 2. The van der Waals surface area contributed by atoms with Crippen LogP contribution in [0.25, 0.3) is 0 Å². The smallest absolute Gasteiger partial charge is 0.322 e. The fourth-order valence-corrected chi connectivity index (χ4v) is 5.39. The number of halogens is 3. The molecule has 1 fully saturated rings. The summed E-state index contributed by atoms with van der Waals surface area (Å²) in [5, 5.41) is 14.4. The quantitative estimate of drug-likeness (QED) is 0.403. The second-order valence-corrected chi connectivity index (χ2v) is 11.2. The first-order valence-corrected chi connectivity index (χ1v) is 13.1. The maximum atomic E-state index is 13.3. The number of benzene rings is 1. The van der Waals surface area contributed by atoms with Crippen molar-refractivity contribution in [3.8, 4) is 0 Å². The number of hydrogen-bond acceptors (Lipinski definition) is 5. The van der Waals surface area contributed by atoms with Gasteiger partial charge in [-0.05, 0) is 67.5 Å². The Balaban J connectivity index is 1.66. The number of aromatic nitrogens is 4. The van der Waals surface area contributed by atoms with Crippen LogP contribution in [0.15, 0.2) is 47.7 Å². The molecule has 39 heavy (non-hydrogen) atoms. The summed E-state index contributed by atoms with van der Waals surface area (Å²) in [6.45, 7) is 7.11. The van der Waals surface area contributed by atoms with Crippen molar-refractivity contribution < 1.29 is 18.0 Å². The van der Waals surface area contributed by atoms with Crippen LogP contribution >= 0.6 is 0 Å². The van der Waals surface area contributed by atoms with E-state index in [1.165, 1.54) is 12.3 Å². The number of aryl methyl sites for hydroxylation is 1. The van der Waals surface area contributed by atoms with Crippen molar-refractivity contribution in [2.45, 2.75) is 64.7 Å². The Morgan fingerprint density at radius 2 is 1.92 bits per heavy atom. The zero-order valence-corrected chi connectivity index (χ0v) is 22.8. The van der Waals surface area contributed by atoms with Crippen LogP contribution in [0, 0.1) is 11.8 Å². The van der Waals surface area contributed by atoms with E-state index in [0.717, 1.165) is 24.2 Å². The zero-order chi connectivity index (χ0) is 28.5. The molecule has 1 aliphatic carbocycles. The van der Waals surface area contributed by atoms with Gasteiger partial charge in [0, 0.05) is 25.0 Å². The van der Waals surface area contributed by atoms with Crippen LogP contribution in [0.1, 0.15) is 73.9 Å². The average molecular weight is 545 g/mol. The lowest BCUT2D eigenvalue weighted by atomic mass is 9.58. The monoisotopic (exact) mass is 544 g/mol. The van der Waals surface area contributed by atoms with Crippen LogP contribution < -0.4 is 16.2 Å². The lowest BCUT2D eigenvalue weighted by molar-refractivity contribution is -0.141. The van der Waals surface area contributed by atoms with E-state index in [9.17, 15) is 22.8 Å². The van der Waals surface area contributed by atoms with Crippen molar-refractivity contribution in [3.63, 3.8) is 0 Å². The van der Waals surface area contributed by atoms with E-state index in [-0.39, 0.29) is 17.0 Å². The minimum Gasteiger partial charge on any atom is -0.322 e. The number of carbonyl (C=O) groups is 1. The third kappa shape index (κ3) is 6.24. The Morgan fingerprint density at radius 3 is 2.51 bits per heavy atom. The van der Waals surface area contributed by atoms with Gasteiger partial charge in [0.15, 0.2) is 0 Å². The second-order valence-electron chi connectivity index (χ2n) is 11.2. The molecule has 4 rings (SSSR count). The van der Waals surface area contributed by atoms with Gasteiger partial charge < -0.3 is 19.8 Å². The predicted molar refractivity (Wildman–Crippen MR) is 143 cm³/mol. The molecule has 0 aliphatic heterocycles. The third-order valence-electron chi connectivity index (χ3n) is 7.24. The molecule has 8 nitrogen and oxygen atoms in total. The first-order valence-electron chi connectivity index (χ1n) is 13.1. The van der Waals surface area contributed by atoms with E-state index in [4.69, 9.17) is 0 Å². The summed E-state index contributed by atoms with van der Waals surface area (Å²) >= 11 is 0. The second kappa shape index (κ2) is 11.0. The molecule has 1 saturated carbocycles. The van der Waals surface area contributed by atoms with Gasteiger partial charge in [0.1, 0.15) is 24.3 Å². The molecule has 0 spiro atoms. The van der Waals surface area contributed by atoms with Gasteiger partial charge in [-0.2, -0.15) is 13.2 Å². The summed E-state index contributed by atoms with van der Waals surface area (Å²) < 4.78 is 42.3. The molecule has 0 bridgehead atoms.